The van der Waals surface area contributed by atoms with Crippen molar-refractivity contribution in [3.8, 4) is 0 Å². The second-order valence-corrected chi connectivity index (χ2v) is 10.7. The van der Waals surface area contributed by atoms with Crippen molar-refractivity contribution in [3.05, 3.63) is 93.9 Å². The van der Waals surface area contributed by atoms with Gasteiger partial charge in [0, 0.05) is 56.8 Å². The number of rotatable bonds is 11. The molecule has 2 aromatic carbocycles. The maximum Gasteiger partial charge on any atom is 0.253 e. The van der Waals surface area contributed by atoms with Gasteiger partial charge in [-0.3, -0.25) is 9.69 Å². The first-order valence-corrected chi connectivity index (χ1v) is 13.7. The molecule has 2 heterocycles. The molecule has 1 aromatic heterocycles. The number of piperazine rings is 1. The summed E-state index contributed by atoms with van der Waals surface area (Å²) in [6, 6.07) is 16.5. The fourth-order valence-corrected chi connectivity index (χ4v) is 5.47. The molecule has 0 radical (unpaired) electrons. The van der Waals surface area contributed by atoms with Crippen LogP contribution in [0.1, 0.15) is 39.9 Å². The monoisotopic (exact) mass is 559 g/mol. The molecule has 3 unspecified atom stereocenters. The Balaban J connectivity index is 1.40. The van der Waals surface area contributed by atoms with Crippen molar-refractivity contribution in [1.29, 1.82) is 0 Å². The maximum absolute atomic E-state index is 13.0. The molecule has 3 atom stereocenters. The molecule has 1 fully saturated rings. The molecule has 1 amide bonds. The molecule has 0 bridgehead atoms. The lowest BCUT2D eigenvalue weighted by Crippen LogP contribution is -2.50. The van der Waals surface area contributed by atoms with Crippen LogP contribution < -0.4 is 0 Å². The number of aliphatic hydroxyl groups excluding tert-OH is 2. The minimum Gasteiger partial charge on any atom is -0.472 e. The van der Waals surface area contributed by atoms with E-state index in [-0.39, 0.29) is 24.5 Å². The van der Waals surface area contributed by atoms with Crippen molar-refractivity contribution < 1.29 is 19.4 Å². The van der Waals surface area contributed by atoms with Gasteiger partial charge in [-0.25, -0.2) is 0 Å². The van der Waals surface area contributed by atoms with E-state index in [4.69, 9.17) is 27.6 Å². The van der Waals surface area contributed by atoms with E-state index in [1.54, 1.807) is 17.4 Å². The first-order chi connectivity index (χ1) is 18.4. The van der Waals surface area contributed by atoms with Gasteiger partial charge in [0.25, 0.3) is 5.91 Å². The highest BCUT2D eigenvalue weighted by Crippen LogP contribution is 2.30. The molecule has 3 aromatic rings. The normalized spacial score (nSPS) is 17.2. The van der Waals surface area contributed by atoms with Crippen LogP contribution >= 0.6 is 23.2 Å². The van der Waals surface area contributed by atoms with E-state index in [0.29, 0.717) is 22.2 Å². The predicted molar refractivity (Wildman–Crippen MR) is 150 cm³/mol. The third-order valence-electron chi connectivity index (χ3n) is 7.31. The molecule has 2 N–H and O–H groups in total. The van der Waals surface area contributed by atoms with Gasteiger partial charge in [-0.05, 0) is 48.9 Å². The SMILES string of the molecule is CN(CC(CCN1CCN(C(c2ccoc2)C(O)CO)CC1)c1ccc(Cl)c(Cl)c1)C(=O)c1ccccc1. The van der Waals surface area contributed by atoms with E-state index in [1.165, 1.54) is 0 Å². The quantitative estimate of drug-likeness (QED) is 0.359. The lowest BCUT2D eigenvalue weighted by Gasteiger charge is -2.40. The van der Waals surface area contributed by atoms with Gasteiger partial charge in [0.15, 0.2) is 0 Å². The Morgan fingerprint density at radius 2 is 1.76 bits per heavy atom. The highest BCUT2D eigenvalue weighted by Gasteiger charge is 2.31. The Bertz CT molecular complexity index is 1150. The standard InChI is InChI=1S/C29H35Cl2N3O4/c1-32(29(37)21-5-3-2-4-6-21)18-23(22-7-8-25(30)26(31)17-22)9-11-33-12-14-34(15-13-33)28(27(36)19-35)24-10-16-38-20-24/h2-8,10,16-17,20,23,27-28,35-36H,9,11-15,18-19H2,1H3. The Kier molecular flexibility index (Phi) is 10.2. The van der Waals surface area contributed by atoms with E-state index in [1.807, 2.05) is 61.6 Å². The predicted octanol–water partition coefficient (Wildman–Crippen LogP) is 4.54. The van der Waals surface area contributed by atoms with Gasteiger partial charge >= 0.3 is 0 Å². The third kappa shape index (κ3) is 7.17. The lowest BCUT2D eigenvalue weighted by atomic mass is 9.94. The van der Waals surface area contributed by atoms with E-state index in [9.17, 15) is 15.0 Å². The van der Waals surface area contributed by atoms with Gasteiger partial charge in [0.05, 0.1) is 41.3 Å². The molecule has 0 saturated carbocycles. The van der Waals surface area contributed by atoms with Crippen molar-refractivity contribution in [1.82, 2.24) is 14.7 Å². The molecule has 4 rings (SSSR count). The molecule has 1 saturated heterocycles. The number of benzene rings is 2. The number of likely N-dealkylation sites (N-methyl/N-ethyl adjacent to an activating group) is 1. The highest BCUT2D eigenvalue weighted by molar-refractivity contribution is 6.42. The van der Waals surface area contributed by atoms with Crippen LogP contribution in [0.25, 0.3) is 0 Å². The zero-order valence-electron chi connectivity index (χ0n) is 21.5. The maximum atomic E-state index is 13.0. The molecule has 0 aliphatic carbocycles. The summed E-state index contributed by atoms with van der Waals surface area (Å²) in [6.07, 6.45) is 3.18. The Morgan fingerprint density at radius 1 is 1.03 bits per heavy atom. The summed E-state index contributed by atoms with van der Waals surface area (Å²) < 4.78 is 5.23. The average molecular weight is 561 g/mol. The van der Waals surface area contributed by atoms with Gasteiger partial charge in [0.1, 0.15) is 0 Å². The number of hydrogen-bond donors (Lipinski definition) is 2. The van der Waals surface area contributed by atoms with Gasteiger partial charge in [-0.1, -0.05) is 47.5 Å². The minimum atomic E-state index is -0.879. The first kappa shape index (κ1) is 28.6. The Labute approximate surface area is 234 Å². The van der Waals surface area contributed by atoms with Crippen LogP contribution in [0.15, 0.2) is 71.5 Å². The van der Waals surface area contributed by atoms with Crippen LogP contribution in [0.4, 0.5) is 0 Å². The van der Waals surface area contributed by atoms with E-state index in [2.05, 4.69) is 9.80 Å². The second kappa shape index (κ2) is 13.6. The van der Waals surface area contributed by atoms with Crippen LogP contribution in [0, 0.1) is 0 Å². The zero-order valence-corrected chi connectivity index (χ0v) is 23.1. The van der Waals surface area contributed by atoms with Gasteiger partial charge in [0.2, 0.25) is 0 Å². The molecule has 7 nitrogen and oxygen atoms in total. The van der Waals surface area contributed by atoms with Crippen LogP contribution in [0.5, 0.6) is 0 Å². The summed E-state index contributed by atoms with van der Waals surface area (Å²) in [4.78, 5) is 19.4. The van der Waals surface area contributed by atoms with Crippen LogP contribution in [0.3, 0.4) is 0 Å². The molecule has 204 valence electrons. The van der Waals surface area contributed by atoms with Crippen LogP contribution in [-0.4, -0.2) is 89.8 Å². The first-order valence-electron chi connectivity index (χ1n) is 12.9. The molecular weight excluding hydrogens is 525 g/mol. The molecule has 9 heteroatoms. The van der Waals surface area contributed by atoms with Crippen molar-refractivity contribution in [2.24, 2.45) is 0 Å². The minimum absolute atomic E-state index is 0.0167. The molecule has 1 aliphatic heterocycles. The van der Waals surface area contributed by atoms with Crippen LogP contribution in [-0.2, 0) is 0 Å². The molecule has 0 spiro atoms. The summed E-state index contributed by atoms with van der Waals surface area (Å²) >= 11 is 12.5. The molecular formula is C29H35Cl2N3O4. The summed E-state index contributed by atoms with van der Waals surface area (Å²) in [6.45, 7) is 4.28. The Morgan fingerprint density at radius 3 is 2.39 bits per heavy atom. The smallest absolute Gasteiger partial charge is 0.253 e. The summed E-state index contributed by atoms with van der Waals surface area (Å²) in [5.74, 6) is 0.0624. The molecule has 38 heavy (non-hydrogen) atoms. The van der Waals surface area contributed by atoms with Gasteiger partial charge < -0.3 is 24.4 Å². The van der Waals surface area contributed by atoms with Crippen molar-refractivity contribution >= 4 is 29.1 Å². The lowest BCUT2D eigenvalue weighted by molar-refractivity contribution is -0.0100. The number of hydrogen-bond acceptors (Lipinski definition) is 6. The second-order valence-electron chi connectivity index (χ2n) is 9.84. The molecule has 1 aliphatic rings. The van der Waals surface area contributed by atoms with Crippen molar-refractivity contribution in [2.75, 3.05) is 52.9 Å². The highest BCUT2D eigenvalue weighted by atomic mass is 35.5. The van der Waals surface area contributed by atoms with Gasteiger partial charge in [-0.2, -0.15) is 0 Å². The fourth-order valence-electron chi connectivity index (χ4n) is 5.17. The topological polar surface area (TPSA) is 80.4 Å². The number of furan rings is 1. The fraction of sp³-hybridized carbons (Fsp3) is 0.414. The van der Waals surface area contributed by atoms with Crippen molar-refractivity contribution in [3.63, 3.8) is 0 Å². The summed E-state index contributed by atoms with van der Waals surface area (Å²) in [5.41, 5.74) is 2.58. The van der Waals surface area contributed by atoms with E-state index in [0.717, 1.165) is 50.3 Å². The van der Waals surface area contributed by atoms with E-state index >= 15 is 0 Å². The number of nitrogens with zero attached hydrogens (tertiary/aromatic N) is 3. The van der Waals surface area contributed by atoms with Gasteiger partial charge in [-0.15, -0.1) is 0 Å². The third-order valence-corrected chi connectivity index (χ3v) is 8.05. The largest absolute Gasteiger partial charge is 0.472 e. The summed E-state index contributed by atoms with van der Waals surface area (Å²) in [5, 5.41) is 21.1. The average Bonchev–Trinajstić information content (AvgIpc) is 3.47. The number of halogens is 2. The van der Waals surface area contributed by atoms with Crippen molar-refractivity contribution in [2.45, 2.75) is 24.5 Å². The number of carbonyl (C=O) groups excluding carboxylic acids is 1. The number of carbonyl (C=O) groups is 1. The van der Waals surface area contributed by atoms with Crippen LogP contribution in [0.2, 0.25) is 10.0 Å². The Hall–Kier alpha value is -2.39. The summed E-state index contributed by atoms with van der Waals surface area (Å²) in [7, 11) is 1.83. The zero-order chi connectivity index (χ0) is 27.1. The van der Waals surface area contributed by atoms with E-state index < -0.39 is 6.10 Å². The number of amides is 1. The number of aliphatic hydroxyl groups is 2.